The summed E-state index contributed by atoms with van der Waals surface area (Å²) in [4.78, 5) is 0. The number of rotatable bonds is 6. The lowest BCUT2D eigenvalue weighted by Gasteiger charge is -1.96. The highest BCUT2D eigenvalue weighted by molar-refractivity contribution is 8.01. The third-order valence-corrected chi connectivity index (χ3v) is 3.64. The zero-order valence-corrected chi connectivity index (χ0v) is 9.46. The number of aryl methyl sites for hydroxylation is 1. The smallest absolute Gasteiger partial charge is 0.174 e. The van der Waals surface area contributed by atoms with Crippen molar-refractivity contribution >= 4 is 23.1 Å². The SMILES string of the molecule is Cc1nnc(SCCCCCN)s1. The van der Waals surface area contributed by atoms with E-state index >= 15 is 0 Å². The van der Waals surface area contributed by atoms with Gasteiger partial charge in [-0.15, -0.1) is 10.2 Å². The largest absolute Gasteiger partial charge is 0.330 e. The monoisotopic (exact) mass is 217 g/mol. The number of hydrogen-bond donors (Lipinski definition) is 1. The summed E-state index contributed by atoms with van der Waals surface area (Å²) >= 11 is 3.46. The molecule has 13 heavy (non-hydrogen) atoms. The van der Waals surface area contributed by atoms with Gasteiger partial charge in [-0.1, -0.05) is 29.5 Å². The summed E-state index contributed by atoms with van der Waals surface area (Å²) in [7, 11) is 0. The molecule has 0 fully saturated rings. The molecule has 1 rings (SSSR count). The van der Waals surface area contributed by atoms with Crippen molar-refractivity contribution < 1.29 is 0 Å². The molecule has 3 nitrogen and oxygen atoms in total. The van der Waals surface area contributed by atoms with Crippen molar-refractivity contribution in [2.75, 3.05) is 12.3 Å². The minimum atomic E-state index is 0.808. The van der Waals surface area contributed by atoms with Gasteiger partial charge in [0.05, 0.1) is 0 Å². The summed E-state index contributed by atoms with van der Waals surface area (Å²) in [6.07, 6.45) is 3.58. The van der Waals surface area contributed by atoms with E-state index in [0.29, 0.717) is 0 Å². The van der Waals surface area contributed by atoms with Crippen molar-refractivity contribution in [3.8, 4) is 0 Å². The minimum Gasteiger partial charge on any atom is -0.330 e. The summed E-state index contributed by atoms with van der Waals surface area (Å²) in [6, 6.07) is 0. The average molecular weight is 217 g/mol. The van der Waals surface area contributed by atoms with Crippen LogP contribution in [0.3, 0.4) is 0 Å². The van der Waals surface area contributed by atoms with Crippen LogP contribution in [-0.4, -0.2) is 22.5 Å². The van der Waals surface area contributed by atoms with E-state index in [1.165, 1.54) is 12.8 Å². The zero-order chi connectivity index (χ0) is 9.52. The fourth-order valence-electron chi connectivity index (χ4n) is 0.919. The van der Waals surface area contributed by atoms with Gasteiger partial charge in [-0.2, -0.15) is 0 Å². The van der Waals surface area contributed by atoms with Gasteiger partial charge < -0.3 is 5.73 Å². The van der Waals surface area contributed by atoms with Crippen LogP contribution in [0, 0.1) is 6.92 Å². The molecule has 0 aromatic carbocycles. The molecule has 0 atom stereocenters. The van der Waals surface area contributed by atoms with E-state index in [-0.39, 0.29) is 0 Å². The van der Waals surface area contributed by atoms with Crippen molar-refractivity contribution in [2.45, 2.75) is 30.5 Å². The van der Waals surface area contributed by atoms with Crippen LogP contribution in [-0.2, 0) is 0 Å². The van der Waals surface area contributed by atoms with Gasteiger partial charge in [-0.3, -0.25) is 0 Å². The molecule has 0 aliphatic rings. The molecule has 0 unspecified atom stereocenters. The van der Waals surface area contributed by atoms with Crippen LogP contribution in [0.25, 0.3) is 0 Å². The second-order valence-corrected chi connectivity index (χ2v) is 5.31. The Bertz CT molecular complexity index is 237. The minimum absolute atomic E-state index is 0.808. The van der Waals surface area contributed by atoms with Crippen LogP contribution in [0.15, 0.2) is 4.34 Å². The molecular formula is C8H15N3S2. The molecule has 0 amide bonds. The Morgan fingerprint density at radius 1 is 1.31 bits per heavy atom. The molecule has 0 saturated heterocycles. The van der Waals surface area contributed by atoms with Gasteiger partial charge in [0.2, 0.25) is 0 Å². The lowest BCUT2D eigenvalue weighted by Crippen LogP contribution is -1.97. The molecule has 0 aliphatic carbocycles. The Hall–Kier alpha value is -0.130. The molecule has 0 saturated carbocycles. The molecule has 1 heterocycles. The maximum Gasteiger partial charge on any atom is 0.174 e. The van der Waals surface area contributed by atoms with Gasteiger partial charge in [0.25, 0.3) is 0 Å². The first kappa shape index (κ1) is 10.9. The lowest BCUT2D eigenvalue weighted by molar-refractivity contribution is 0.732. The van der Waals surface area contributed by atoms with Gasteiger partial charge in [0.15, 0.2) is 4.34 Å². The van der Waals surface area contributed by atoms with Crippen LogP contribution >= 0.6 is 23.1 Å². The number of unbranched alkanes of at least 4 members (excludes halogenated alkanes) is 2. The van der Waals surface area contributed by atoms with Crippen LogP contribution in [0.4, 0.5) is 0 Å². The van der Waals surface area contributed by atoms with Gasteiger partial charge >= 0.3 is 0 Å². The van der Waals surface area contributed by atoms with Gasteiger partial charge in [0, 0.05) is 5.75 Å². The van der Waals surface area contributed by atoms with E-state index in [4.69, 9.17) is 5.73 Å². The molecule has 0 spiro atoms. The molecule has 0 bridgehead atoms. The zero-order valence-electron chi connectivity index (χ0n) is 7.82. The van der Waals surface area contributed by atoms with Crippen molar-refractivity contribution in [2.24, 2.45) is 5.73 Å². The summed E-state index contributed by atoms with van der Waals surface area (Å²) in [5, 5.41) is 9.05. The third-order valence-electron chi connectivity index (χ3n) is 1.58. The summed E-state index contributed by atoms with van der Waals surface area (Å²) in [5.41, 5.74) is 5.40. The van der Waals surface area contributed by atoms with Crippen molar-refractivity contribution in [1.29, 1.82) is 0 Å². The fourth-order valence-corrected chi connectivity index (χ4v) is 2.80. The predicted molar refractivity (Wildman–Crippen MR) is 58.3 cm³/mol. The molecule has 1 aromatic heterocycles. The molecule has 0 aliphatic heterocycles. The first-order valence-electron chi connectivity index (χ1n) is 4.46. The molecule has 0 radical (unpaired) electrons. The first-order chi connectivity index (χ1) is 6.33. The quantitative estimate of drug-likeness (QED) is 0.585. The van der Waals surface area contributed by atoms with Crippen molar-refractivity contribution in [3.63, 3.8) is 0 Å². The van der Waals surface area contributed by atoms with Gasteiger partial charge in [-0.05, 0) is 26.3 Å². The Morgan fingerprint density at radius 3 is 2.77 bits per heavy atom. The lowest BCUT2D eigenvalue weighted by atomic mass is 10.2. The summed E-state index contributed by atoms with van der Waals surface area (Å²) in [6.45, 7) is 2.79. The number of hydrogen-bond acceptors (Lipinski definition) is 5. The number of thioether (sulfide) groups is 1. The van der Waals surface area contributed by atoms with Gasteiger partial charge in [0.1, 0.15) is 5.01 Å². The Balaban J connectivity index is 2.06. The van der Waals surface area contributed by atoms with E-state index < -0.39 is 0 Å². The van der Waals surface area contributed by atoms with E-state index in [0.717, 1.165) is 28.1 Å². The average Bonchev–Trinajstić information content (AvgIpc) is 2.51. The maximum absolute atomic E-state index is 5.40. The second kappa shape index (κ2) is 6.34. The van der Waals surface area contributed by atoms with E-state index in [9.17, 15) is 0 Å². The van der Waals surface area contributed by atoms with Crippen LogP contribution in [0.2, 0.25) is 0 Å². The molecule has 74 valence electrons. The standard InChI is InChI=1S/C8H15N3S2/c1-7-10-11-8(13-7)12-6-4-2-3-5-9/h2-6,9H2,1H3. The second-order valence-electron chi connectivity index (χ2n) is 2.78. The van der Waals surface area contributed by atoms with E-state index in [1.807, 2.05) is 6.92 Å². The summed E-state index contributed by atoms with van der Waals surface area (Å²) in [5.74, 6) is 1.13. The normalized spacial score (nSPS) is 10.6. The summed E-state index contributed by atoms with van der Waals surface area (Å²) < 4.78 is 1.09. The topological polar surface area (TPSA) is 51.8 Å². The Kier molecular flexibility index (Phi) is 5.34. The molecule has 1 aromatic rings. The van der Waals surface area contributed by atoms with Gasteiger partial charge in [-0.25, -0.2) is 0 Å². The number of nitrogens with zero attached hydrogens (tertiary/aromatic N) is 2. The van der Waals surface area contributed by atoms with E-state index in [1.54, 1.807) is 23.1 Å². The number of aromatic nitrogens is 2. The van der Waals surface area contributed by atoms with Crippen LogP contribution in [0.1, 0.15) is 24.3 Å². The molecule has 5 heteroatoms. The van der Waals surface area contributed by atoms with E-state index in [2.05, 4.69) is 10.2 Å². The van der Waals surface area contributed by atoms with Crippen LogP contribution in [0.5, 0.6) is 0 Å². The van der Waals surface area contributed by atoms with Crippen molar-refractivity contribution in [1.82, 2.24) is 10.2 Å². The highest BCUT2D eigenvalue weighted by Crippen LogP contribution is 2.22. The van der Waals surface area contributed by atoms with Crippen molar-refractivity contribution in [3.05, 3.63) is 5.01 Å². The predicted octanol–water partition coefficient (Wildman–Crippen LogP) is 2.07. The third kappa shape index (κ3) is 4.59. The Morgan fingerprint density at radius 2 is 2.15 bits per heavy atom. The highest BCUT2D eigenvalue weighted by Gasteiger charge is 1.99. The number of nitrogens with two attached hydrogens (primary N) is 1. The maximum atomic E-state index is 5.40. The highest BCUT2D eigenvalue weighted by atomic mass is 32.2. The first-order valence-corrected chi connectivity index (χ1v) is 6.26. The molecular weight excluding hydrogens is 202 g/mol. The Labute approximate surface area is 87.1 Å². The molecule has 2 N–H and O–H groups in total. The fraction of sp³-hybridized carbons (Fsp3) is 0.750. The van der Waals surface area contributed by atoms with Crippen LogP contribution < -0.4 is 5.73 Å².